The Morgan fingerprint density at radius 2 is 1.82 bits per heavy atom. The molecular formula is C25H20N8O. The second-order valence-corrected chi connectivity index (χ2v) is 8.13. The Balaban J connectivity index is 1.34. The number of para-hydroxylation sites is 1. The van der Waals surface area contributed by atoms with Gasteiger partial charge in [0.15, 0.2) is 5.82 Å². The van der Waals surface area contributed by atoms with Gasteiger partial charge in [-0.3, -0.25) is 9.78 Å². The predicted octanol–water partition coefficient (Wildman–Crippen LogP) is 4.18. The summed E-state index contributed by atoms with van der Waals surface area (Å²) in [4.78, 5) is 17.6. The highest BCUT2D eigenvalue weighted by Crippen LogP contribution is 2.37. The average Bonchev–Trinajstić information content (AvgIpc) is 3.43. The van der Waals surface area contributed by atoms with Crippen molar-refractivity contribution in [2.75, 3.05) is 5.32 Å². The highest BCUT2D eigenvalue weighted by atomic mass is 16.1. The lowest BCUT2D eigenvalue weighted by atomic mass is 10.1. The molecule has 1 N–H and O–H groups in total. The first kappa shape index (κ1) is 20.0. The molecule has 1 aliphatic carbocycles. The molecule has 0 bridgehead atoms. The first-order valence-corrected chi connectivity index (χ1v) is 11.0. The SMILES string of the molecule is O=C(Nc1cccc(-c2nnnn2C2CC2)c1)c1cn(-c2ccccc2)nc1-c1cccnc1. The van der Waals surface area contributed by atoms with E-state index in [0.29, 0.717) is 28.8 Å². The molecule has 1 fully saturated rings. The van der Waals surface area contributed by atoms with Crippen LogP contribution in [-0.4, -0.2) is 40.9 Å². The van der Waals surface area contributed by atoms with Gasteiger partial charge in [0.2, 0.25) is 0 Å². The summed E-state index contributed by atoms with van der Waals surface area (Å²) in [6, 6.07) is 21.3. The number of tetrazole rings is 1. The average molecular weight is 448 g/mol. The summed E-state index contributed by atoms with van der Waals surface area (Å²) in [6.45, 7) is 0. The standard InChI is InChI=1S/C25H20N8O/c34-25(27-19-8-4-6-17(14-19)24-28-30-31-33(24)21-11-12-21)22-16-32(20-9-2-1-3-10-20)29-23(22)18-7-5-13-26-15-18/h1-10,13-16,21H,11-12H2,(H,27,34). The van der Waals surface area contributed by atoms with E-state index in [-0.39, 0.29) is 5.91 Å². The van der Waals surface area contributed by atoms with Gasteiger partial charge >= 0.3 is 0 Å². The minimum Gasteiger partial charge on any atom is -0.322 e. The third kappa shape index (κ3) is 3.83. The Morgan fingerprint density at radius 1 is 0.971 bits per heavy atom. The highest BCUT2D eigenvalue weighted by molar-refractivity contribution is 6.08. The van der Waals surface area contributed by atoms with Crippen molar-refractivity contribution in [3.63, 3.8) is 0 Å². The summed E-state index contributed by atoms with van der Waals surface area (Å²) in [5.74, 6) is 0.437. The highest BCUT2D eigenvalue weighted by Gasteiger charge is 2.28. The van der Waals surface area contributed by atoms with Crippen LogP contribution in [0.25, 0.3) is 28.3 Å². The van der Waals surface area contributed by atoms with E-state index < -0.39 is 0 Å². The number of pyridine rings is 1. The maximum absolute atomic E-state index is 13.4. The first-order valence-electron chi connectivity index (χ1n) is 11.0. The molecular weight excluding hydrogens is 428 g/mol. The molecule has 1 saturated carbocycles. The van der Waals surface area contributed by atoms with Crippen molar-refractivity contribution in [1.82, 2.24) is 35.0 Å². The normalized spacial score (nSPS) is 13.1. The Labute approximate surface area is 195 Å². The monoisotopic (exact) mass is 448 g/mol. The number of anilines is 1. The van der Waals surface area contributed by atoms with E-state index in [4.69, 9.17) is 5.10 Å². The minimum atomic E-state index is -0.264. The number of hydrogen-bond acceptors (Lipinski definition) is 6. The Kier molecular flexibility index (Phi) is 4.91. The second-order valence-electron chi connectivity index (χ2n) is 8.13. The maximum atomic E-state index is 13.4. The van der Waals surface area contributed by atoms with Crippen LogP contribution in [0.5, 0.6) is 0 Å². The van der Waals surface area contributed by atoms with Crippen LogP contribution in [0.4, 0.5) is 5.69 Å². The molecule has 0 unspecified atom stereocenters. The second kappa shape index (κ2) is 8.36. The molecule has 0 saturated heterocycles. The van der Waals surface area contributed by atoms with Crippen molar-refractivity contribution in [3.8, 4) is 28.3 Å². The lowest BCUT2D eigenvalue weighted by Gasteiger charge is -2.08. The summed E-state index contributed by atoms with van der Waals surface area (Å²) in [7, 11) is 0. The Hall–Kier alpha value is -4.66. The Bertz CT molecular complexity index is 1450. The molecule has 9 nitrogen and oxygen atoms in total. The van der Waals surface area contributed by atoms with E-state index in [1.165, 1.54) is 0 Å². The van der Waals surface area contributed by atoms with E-state index in [1.807, 2.05) is 71.4 Å². The fraction of sp³-hybridized carbons (Fsp3) is 0.120. The zero-order valence-electron chi connectivity index (χ0n) is 18.1. The molecule has 1 aliphatic rings. The van der Waals surface area contributed by atoms with Gasteiger partial charge in [-0.1, -0.05) is 30.3 Å². The van der Waals surface area contributed by atoms with Gasteiger partial charge in [0.05, 0.1) is 17.3 Å². The lowest BCUT2D eigenvalue weighted by molar-refractivity contribution is 0.102. The molecule has 0 aliphatic heterocycles. The lowest BCUT2D eigenvalue weighted by Crippen LogP contribution is -2.12. The van der Waals surface area contributed by atoms with E-state index in [0.717, 1.165) is 29.7 Å². The van der Waals surface area contributed by atoms with Gasteiger partial charge in [0.1, 0.15) is 5.69 Å². The van der Waals surface area contributed by atoms with Crippen LogP contribution >= 0.6 is 0 Å². The van der Waals surface area contributed by atoms with Crippen molar-refractivity contribution >= 4 is 11.6 Å². The zero-order chi connectivity index (χ0) is 22.9. The molecule has 3 aromatic heterocycles. The quantitative estimate of drug-likeness (QED) is 0.418. The van der Waals surface area contributed by atoms with Gasteiger partial charge < -0.3 is 5.32 Å². The van der Waals surface area contributed by atoms with Gasteiger partial charge in [-0.05, 0) is 59.7 Å². The van der Waals surface area contributed by atoms with Crippen LogP contribution in [0.3, 0.4) is 0 Å². The van der Waals surface area contributed by atoms with Crippen molar-refractivity contribution in [2.45, 2.75) is 18.9 Å². The van der Waals surface area contributed by atoms with Gasteiger partial charge in [0.25, 0.3) is 5.91 Å². The topological polar surface area (TPSA) is 103 Å². The third-order valence-corrected chi connectivity index (χ3v) is 5.68. The number of benzene rings is 2. The van der Waals surface area contributed by atoms with Crippen LogP contribution in [0.1, 0.15) is 29.2 Å². The molecule has 6 rings (SSSR count). The van der Waals surface area contributed by atoms with Crippen LogP contribution < -0.4 is 5.32 Å². The zero-order valence-corrected chi connectivity index (χ0v) is 18.1. The van der Waals surface area contributed by atoms with Crippen LogP contribution in [-0.2, 0) is 0 Å². The van der Waals surface area contributed by atoms with Crippen molar-refractivity contribution < 1.29 is 4.79 Å². The summed E-state index contributed by atoms with van der Waals surface area (Å²) < 4.78 is 3.56. The number of nitrogens with one attached hydrogen (secondary N) is 1. The van der Waals surface area contributed by atoms with Crippen LogP contribution in [0.15, 0.2) is 85.3 Å². The van der Waals surface area contributed by atoms with Crippen molar-refractivity contribution in [2.24, 2.45) is 0 Å². The molecule has 3 heterocycles. The third-order valence-electron chi connectivity index (χ3n) is 5.68. The molecule has 9 heteroatoms. The van der Waals surface area contributed by atoms with Gasteiger partial charge in [-0.25, -0.2) is 9.36 Å². The van der Waals surface area contributed by atoms with E-state index in [9.17, 15) is 4.79 Å². The number of aromatic nitrogens is 7. The smallest absolute Gasteiger partial charge is 0.259 e. The summed E-state index contributed by atoms with van der Waals surface area (Å²) in [5, 5.41) is 19.8. The predicted molar refractivity (Wildman–Crippen MR) is 126 cm³/mol. The fourth-order valence-electron chi connectivity index (χ4n) is 3.85. The number of nitrogens with zero attached hydrogens (tertiary/aromatic N) is 7. The van der Waals surface area contributed by atoms with Crippen molar-refractivity contribution in [1.29, 1.82) is 0 Å². The molecule has 0 radical (unpaired) electrons. The fourth-order valence-corrected chi connectivity index (χ4v) is 3.85. The largest absolute Gasteiger partial charge is 0.322 e. The summed E-state index contributed by atoms with van der Waals surface area (Å²) in [6.07, 6.45) is 7.30. The molecule has 1 amide bonds. The number of amides is 1. The molecule has 0 spiro atoms. The van der Waals surface area contributed by atoms with Crippen LogP contribution in [0, 0.1) is 0 Å². The minimum absolute atomic E-state index is 0.264. The van der Waals surface area contributed by atoms with Crippen LogP contribution in [0.2, 0.25) is 0 Å². The van der Waals surface area contributed by atoms with E-state index in [1.54, 1.807) is 23.3 Å². The number of rotatable bonds is 6. The summed E-state index contributed by atoms with van der Waals surface area (Å²) >= 11 is 0. The molecule has 34 heavy (non-hydrogen) atoms. The van der Waals surface area contributed by atoms with Gasteiger partial charge in [-0.15, -0.1) is 5.10 Å². The molecule has 2 aromatic carbocycles. The Morgan fingerprint density at radius 3 is 2.62 bits per heavy atom. The number of hydrogen-bond donors (Lipinski definition) is 1. The summed E-state index contributed by atoms with van der Waals surface area (Å²) in [5.41, 5.74) is 4.13. The number of carbonyl (C=O) groups excluding carboxylic acids is 1. The maximum Gasteiger partial charge on any atom is 0.259 e. The van der Waals surface area contributed by atoms with E-state index in [2.05, 4.69) is 25.8 Å². The van der Waals surface area contributed by atoms with Gasteiger partial charge in [-0.2, -0.15) is 5.10 Å². The van der Waals surface area contributed by atoms with Crippen molar-refractivity contribution in [3.05, 3.63) is 90.9 Å². The van der Waals surface area contributed by atoms with Gasteiger partial charge in [0, 0.05) is 35.4 Å². The molecule has 0 atom stereocenters. The number of carbonyl (C=O) groups is 1. The molecule has 5 aromatic rings. The van der Waals surface area contributed by atoms with E-state index >= 15 is 0 Å². The molecule has 166 valence electrons. The first-order chi connectivity index (χ1) is 16.8.